The van der Waals surface area contributed by atoms with Crippen LogP contribution < -0.4 is 5.32 Å². The van der Waals surface area contributed by atoms with Gasteiger partial charge in [-0.25, -0.2) is 0 Å². The van der Waals surface area contributed by atoms with Crippen molar-refractivity contribution in [1.82, 2.24) is 35.3 Å². The predicted octanol–water partition coefficient (Wildman–Crippen LogP) is 3.83. The van der Waals surface area contributed by atoms with Gasteiger partial charge in [-0.1, -0.05) is 36.4 Å². The Balaban J connectivity index is 1.23. The number of furan rings is 1. The van der Waals surface area contributed by atoms with Crippen molar-refractivity contribution in [2.75, 3.05) is 26.2 Å². The Morgan fingerprint density at radius 3 is 2.63 bits per heavy atom. The van der Waals surface area contributed by atoms with Crippen molar-refractivity contribution >= 4 is 23.2 Å². The van der Waals surface area contributed by atoms with Gasteiger partial charge in [0.05, 0.1) is 6.10 Å². The summed E-state index contributed by atoms with van der Waals surface area (Å²) in [5, 5.41) is 17.7. The average Bonchev–Trinajstić information content (AvgIpc) is 3.84. The maximum atomic E-state index is 14.2. The lowest BCUT2D eigenvalue weighted by Gasteiger charge is -2.41. The quantitative estimate of drug-likeness (QED) is 0.275. The third kappa shape index (κ3) is 7.20. The molecule has 6 rings (SSSR count). The fourth-order valence-corrected chi connectivity index (χ4v) is 6.70. The molecule has 2 fully saturated rings. The highest BCUT2D eigenvalue weighted by Gasteiger charge is 2.39. The Kier molecular flexibility index (Phi) is 9.25. The summed E-state index contributed by atoms with van der Waals surface area (Å²) in [7, 11) is 0. The summed E-state index contributed by atoms with van der Waals surface area (Å²) in [6.07, 6.45) is 3.41. The lowest BCUT2D eigenvalue weighted by molar-refractivity contribution is -0.145. The zero-order chi connectivity index (χ0) is 29.6. The van der Waals surface area contributed by atoms with Crippen LogP contribution >= 0.6 is 11.3 Å². The molecule has 4 aromatic rings. The van der Waals surface area contributed by atoms with Crippen LogP contribution in [0.2, 0.25) is 0 Å². The molecular formula is C31H37N7O4S. The molecule has 5 heterocycles. The molecule has 226 valence electrons. The van der Waals surface area contributed by atoms with Crippen LogP contribution in [0.25, 0.3) is 11.6 Å². The zero-order valence-corrected chi connectivity index (χ0v) is 25.1. The van der Waals surface area contributed by atoms with Crippen LogP contribution in [-0.2, 0) is 27.4 Å². The number of carbonyl (C=O) groups excluding carboxylic acids is 2. The number of piperidine rings is 1. The van der Waals surface area contributed by atoms with Gasteiger partial charge in [-0.15, -0.1) is 21.5 Å². The van der Waals surface area contributed by atoms with E-state index >= 15 is 0 Å². The van der Waals surface area contributed by atoms with E-state index < -0.39 is 6.04 Å². The summed E-state index contributed by atoms with van der Waals surface area (Å²) < 4.78 is 11.4. The van der Waals surface area contributed by atoms with Gasteiger partial charge in [0.1, 0.15) is 18.3 Å². The number of tetrazole rings is 1. The molecular weight excluding hydrogens is 566 g/mol. The molecule has 11 nitrogen and oxygen atoms in total. The van der Waals surface area contributed by atoms with Gasteiger partial charge in [-0.2, -0.15) is 4.80 Å². The normalized spacial score (nSPS) is 18.5. The molecule has 0 saturated carbocycles. The smallest absolute Gasteiger partial charge is 0.248 e. The second kappa shape index (κ2) is 13.6. The van der Waals surface area contributed by atoms with Crippen LogP contribution in [0.4, 0.5) is 0 Å². The van der Waals surface area contributed by atoms with E-state index in [9.17, 15) is 9.59 Å². The number of amides is 2. The van der Waals surface area contributed by atoms with Crippen molar-refractivity contribution < 1.29 is 18.7 Å². The van der Waals surface area contributed by atoms with E-state index in [0.717, 1.165) is 56.0 Å². The number of aromatic nitrogens is 4. The molecule has 2 aliphatic rings. The molecule has 0 bridgehead atoms. The highest BCUT2D eigenvalue weighted by atomic mass is 32.1. The molecule has 3 aromatic heterocycles. The maximum absolute atomic E-state index is 14.2. The Labute approximate surface area is 254 Å². The van der Waals surface area contributed by atoms with E-state index in [1.54, 1.807) is 11.0 Å². The first-order valence-electron chi connectivity index (χ1n) is 14.9. The fourth-order valence-electron chi connectivity index (χ4n) is 5.88. The molecule has 43 heavy (non-hydrogen) atoms. The van der Waals surface area contributed by atoms with Gasteiger partial charge in [0.25, 0.3) is 0 Å². The first-order chi connectivity index (χ1) is 21.0. The van der Waals surface area contributed by atoms with E-state index in [-0.39, 0.29) is 30.5 Å². The number of likely N-dealkylation sites (tertiary alicyclic amines) is 1. The standard InChI is InChI=1S/C31H37N7O4S/c1-22-11-12-26(42-22)30-33-35-37(34-30)21-28(39)38(24-13-15-36(16-14-24)20-23-7-3-2-4-8-23)29(27-10-6-18-43-27)31(40)32-19-25-9-5-17-41-25/h2-4,6-8,10-12,18,24-25,29H,5,9,13-17,19-21H2,1H3,(H,32,40). The number of hydrogen-bond donors (Lipinski definition) is 1. The molecule has 2 unspecified atom stereocenters. The largest absolute Gasteiger partial charge is 0.458 e. The van der Waals surface area contributed by atoms with Gasteiger partial charge in [0.15, 0.2) is 5.76 Å². The second-order valence-corrected chi connectivity index (χ2v) is 12.1. The first-order valence-corrected chi connectivity index (χ1v) is 15.8. The number of ether oxygens (including phenoxy) is 1. The third-order valence-corrected chi connectivity index (χ3v) is 8.97. The van der Waals surface area contributed by atoms with Gasteiger partial charge in [-0.05, 0) is 67.0 Å². The van der Waals surface area contributed by atoms with Crippen LogP contribution in [0.1, 0.15) is 47.9 Å². The minimum absolute atomic E-state index is 0.00122. The monoisotopic (exact) mass is 603 g/mol. The molecule has 2 aliphatic heterocycles. The molecule has 0 spiro atoms. The summed E-state index contributed by atoms with van der Waals surface area (Å²) in [5.41, 5.74) is 1.26. The van der Waals surface area contributed by atoms with Crippen molar-refractivity contribution in [3.05, 3.63) is 76.2 Å². The Morgan fingerprint density at radius 2 is 1.93 bits per heavy atom. The lowest BCUT2D eigenvalue weighted by atomic mass is 9.99. The topological polar surface area (TPSA) is 119 Å². The number of thiophene rings is 1. The molecule has 1 N–H and O–H groups in total. The van der Waals surface area contributed by atoms with Crippen molar-refractivity contribution in [2.24, 2.45) is 0 Å². The van der Waals surface area contributed by atoms with Crippen LogP contribution in [0.5, 0.6) is 0 Å². The summed E-state index contributed by atoms with van der Waals surface area (Å²) >= 11 is 1.48. The van der Waals surface area contributed by atoms with E-state index in [0.29, 0.717) is 24.7 Å². The Bertz CT molecular complexity index is 1470. The number of nitrogens with one attached hydrogen (secondary N) is 1. The molecule has 12 heteroatoms. The molecule has 2 atom stereocenters. The van der Waals surface area contributed by atoms with E-state index in [1.165, 1.54) is 21.7 Å². The lowest BCUT2D eigenvalue weighted by Crippen LogP contribution is -2.53. The average molecular weight is 604 g/mol. The highest BCUT2D eigenvalue weighted by molar-refractivity contribution is 7.10. The first kappa shape index (κ1) is 29.2. The molecule has 0 radical (unpaired) electrons. The van der Waals surface area contributed by atoms with E-state index in [4.69, 9.17) is 9.15 Å². The summed E-state index contributed by atoms with van der Waals surface area (Å²) in [5.74, 6) is 1.11. The number of benzene rings is 1. The van der Waals surface area contributed by atoms with Gasteiger partial charge in [-0.3, -0.25) is 14.5 Å². The fraction of sp³-hybridized carbons (Fsp3) is 0.452. The van der Waals surface area contributed by atoms with Crippen molar-refractivity contribution in [2.45, 2.75) is 63.9 Å². The zero-order valence-electron chi connectivity index (χ0n) is 24.3. The minimum Gasteiger partial charge on any atom is -0.458 e. The predicted molar refractivity (Wildman–Crippen MR) is 161 cm³/mol. The third-order valence-electron chi connectivity index (χ3n) is 8.04. The van der Waals surface area contributed by atoms with Crippen molar-refractivity contribution in [3.8, 4) is 11.6 Å². The molecule has 1 aromatic carbocycles. The van der Waals surface area contributed by atoms with E-state index in [1.807, 2.05) is 36.6 Å². The van der Waals surface area contributed by atoms with Gasteiger partial charge in [0, 0.05) is 43.7 Å². The van der Waals surface area contributed by atoms with Crippen molar-refractivity contribution in [1.29, 1.82) is 0 Å². The van der Waals surface area contributed by atoms with Crippen molar-refractivity contribution in [3.63, 3.8) is 0 Å². The van der Waals surface area contributed by atoms with Crippen LogP contribution in [-0.4, -0.2) is 80.2 Å². The summed E-state index contributed by atoms with van der Waals surface area (Å²) in [6, 6.07) is 17.0. The summed E-state index contributed by atoms with van der Waals surface area (Å²) in [6.45, 7) is 5.34. The highest BCUT2D eigenvalue weighted by Crippen LogP contribution is 2.32. The minimum atomic E-state index is -0.768. The van der Waals surface area contributed by atoms with Gasteiger partial charge < -0.3 is 19.4 Å². The van der Waals surface area contributed by atoms with Crippen LogP contribution in [0.15, 0.2) is 64.4 Å². The molecule has 0 aliphatic carbocycles. The van der Waals surface area contributed by atoms with E-state index in [2.05, 4.69) is 49.9 Å². The number of nitrogens with zero attached hydrogens (tertiary/aromatic N) is 6. The van der Waals surface area contributed by atoms with Crippen LogP contribution in [0.3, 0.4) is 0 Å². The number of aryl methyl sites for hydroxylation is 1. The second-order valence-electron chi connectivity index (χ2n) is 11.1. The van der Waals surface area contributed by atoms with Gasteiger partial charge >= 0.3 is 0 Å². The molecule has 2 amide bonds. The Morgan fingerprint density at radius 1 is 1.09 bits per heavy atom. The number of carbonyl (C=O) groups is 2. The Hall–Kier alpha value is -3.87. The number of hydrogen-bond acceptors (Lipinski definition) is 9. The number of rotatable bonds is 11. The maximum Gasteiger partial charge on any atom is 0.248 e. The van der Waals surface area contributed by atoms with Gasteiger partial charge in [0.2, 0.25) is 17.6 Å². The SMILES string of the molecule is Cc1ccc(-c2nnn(CC(=O)N(C3CCN(Cc4ccccc4)CC3)C(C(=O)NCC3CCCO3)c3cccs3)n2)o1. The molecule has 2 saturated heterocycles. The van der Waals surface area contributed by atoms with Crippen LogP contribution in [0, 0.1) is 6.92 Å². The summed E-state index contributed by atoms with van der Waals surface area (Å²) in [4.78, 5) is 34.4.